The van der Waals surface area contributed by atoms with Crippen LogP contribution < -0.4 is 4.90 Å². The maximum absolute atomic E-state index is 12.9. The Kier molecular flexibility index (Phi) is 9.26. The van der Waals surface area contributed by atoms with Gasteiger partial charge in [0.15, 0.2) is 0 Å². The van der Waals surface area contributed by atoms with Gasteiger partial charge in [-0.1, -0.05) is 19.3 Å². The first-order valence-corrected chi connectivity index (χ1v) is 12.1. The minimum absolute atomic E-state index is 0.00648. The second-order valence-corrected chi connectivity index (χ2v) is 9.15. The molecule has 0 saturated carbocycles. The summed E-state index contributed by atoms with van der Waals surface area (Å²) in [5.41, 5.74) is 2.23. The van der Waals surface area contributed by atoms with Gasteiger partial charge in [0.05, 0.1) is 0 Å². The maximum atomic E-state index is 12.9. The molecule has 0 atom stereocenters. The van der Waals surface area contributed by atoms with E-state index in [1.165, 1.54) is 24.8 Å². The van der Waals surface area contributed by atoms with Crippen LogP contribution in [0.4, 0.5) is 5.69 Å². The monoisotopic (exact) mass is 459 g/mol. The van der Waals surface area contributed by atoms with E-state index in [0.29, 0.717) is 24.7 Å². The van der Waals surface area contributed by atoms with E-state index in [1.54, 1.807) is 13.0 Å². The smallest absolute Gasteiger partial charge is 0.323 e. The first-order chi connectivity index (χ1) is 15.9. The molecular formula is C25H37N3O5. The summed E-state index contributed by atoms with van der Waals surface area (Å²) in [4.78, 5) is 42.1. The zero-order chi connectivity index (χ0) is 23.8. The molecule has 0 bridgehead atoms. The quantitative estimate of drug-likeness (QED) is 0.744. The number of nitrogens with zero attached hydrogens (tertiary/aromatic N) is 3. The average molecular weight is 460 g/mol. The van der Waals surface area contributed by atoms with Crippen molar-refractivity contribution in [3.05, 3.63) is 29.3 Å². The molecular weight excluding hydrogens is 422 g/mol. The molecule has 1 saturated heterocycles. The van der Waals surface area contributed by atoms with Crippen molar-refractivity contribution in [2.24, 2.45) is 0 Å². The fraction of sp³-hybridized carbons (Fsp3) is 0.640. The summed E-state index contributed by atoms with van der Waals surface area (Å²) in [6.45, 7) is 5.02. The fourth-order valence-electron chi connectivity index (χ4n) is 4.83. The number of carbonyl (C=O) groups excluding carboxylic acids is 2. The van der Waals surface area contributed by atoms with Gasteiger partial charge in [-0.25, -0.2) is 0 Å². The van der Waals surface area contributed by atoms with Crippen LogP contribution in [0.1, 0.15) is 67.8 Å². The Balaban J connectivity index is 1.97. The van der Waals surface area contributed by atoms with Crippen LogP contribution in [0.15, 0.2) is 18.2 Å². The van der Waals surface area contributed by atoms with E-state index in [0.717, 1.165) is 63.1 Å². The van der Waals surface area contributed by atoms with Gasteiger partial charge < -0.3 is 19.6 Å². The number of fused-ring (bicyclic) bond motifs is 1. The highest BCUT2D eigenvalue weighted by Crippen LogP contribution is 2.28. The number of carboxylic acid groups (broad SMARTS) is 1. The van der Waals surface area contributed by atoms with Gasteiger partial charge in [-0.3, -0.25) is 19.3 Å². The molecule has 0 spiro atoms. The van der Waals surface area contributed by atoms with E-state index >= 15 is 0 Å². The molecule has 33 heavy (non-hydrogen) atoms. The van der Waals surface area contributed by atoms with Gasteiger partial charge in [0.1, 0.15) is 6.54 Å². The van der Waals surface area contributed by atoms with Gasteiger partial charge in [0.25, 0.3) is 5.91 Å². The van der Waals surface area contributed by atoms with Crippen molar-refractivity contribution in [3.8, 4) is 0 Å². The number of ether oxygens (including phenoxy) is 1. The number of benzene rings is 1. The van der Waals surface area contributed by atoms with Gasteiger partial charge in [-0.05, 0) is 56.0 Å². The number of rotatable bonds is 4. The van der Waals surface area contributed by atoms with Crippen LogP contribution in [0.3, 0.4) is 0 Å². The lowest BCUT2D eigenvalue weighted by Crippen LogP contribution is -2.40. The third-order valence-corrected chi connectivity index (χ3v) is 6.62. The number of likely N-dealkylation sites (N-methyl/N-ethyl adjacent to an activating group) is 1. The second kappa shape index (κ2) is 12.1. The SMILES string of the molecule is CC(=O)N1CCCCCCCN(C2CCOCC2)Cc2cc(C(=O)N(C)CC(=O)O)ccc21. The third kappa shape index (κ3) is 7.01. The summed E-state index contributed by atoms with van der Waals surface area (Å²) in [6.07, 6.45) is 7.47. The molecule has 1 aromatic rings. The minimum atomic E-state index is -1.05. The molecule has 2 aliphatic heterocycles. The van der Waals surface area contributed by atoms with Crippen LogP contribution in [-0.4, -0.2) is 78.6 Å². The lowest BCUT2D eigenvalue weighted by atomic mass is 10.0. The summed E-state index contributed by atoms with van der Waals surface area (Å²) in [7, 11) is 1.49. The Labute approximate surface area is 196 Å². The molecule has 1 fully saturated rings. The number of amides is 2. The molecule has 182 valence electrons. The Morgan fingerprint density at radius 1 is 1.06 bits per heavy atom. The number of aliphatic carboxylic acids is 1. The molecule has 1 aromatic carbocycles. The first kappa shape index (κ1) is 25.2. The van der Waals surface area contributed by atoms with Crippen molar-refractivity contribution < 1.29 is 24.2 Å². The molecule has 0 radical (unpaired) electrons. The summed E-state index contributed by atoms with van der Waals surface area (Å²) in [5, 5.41) is 9.07. The Morgan fingerprint density at radius 3 is 2.39 bits per heavy atom. The van der Waals surface area contributed by atoms with Crippen LogP contribution in [0.2, 0.25) is 0 Å². The highest BCUT2D eigenvalue weighted by Gasteiger charge is 2.25. The molecule has 8 heteroatoms. The van der Waals surface area contributed by atoms with Crippen LogP contribution in [0, 0.1) is 0 Å². The van der Waals surface area contributed by atoms with E-state index in [1.807, 2.05) is 17.0 Å². The van der Waals surface area contributed by atoms with Gasteiger partial charge in [-0.15, -0.1) is 0 Å². The number of carboxylic acids is 1. The van der Waals surface area contributed by atoms with E-state index in [-0.39, 0.29) is 18.4 Å². The molecule has 8 nitrogen and oxygen atoms in total. The maximum Gasteiger partial charge on any atom is 0.323 e. The topological polar surface area (TPSA) is 90.4 Å². The summed E-state index contributed by atoms with van der Waals surface area (Å²) < 4.78 is 5.58. The average Bonchev–Trinajstić information content (AvgIpc) is 2.78. The second-order valence-electron chi connectivity index (χ2n) is 9.15. The van der Waals surface area contributed by atoms with Gasteiger partial charge in [0, 0.05) is 57.6 Å². The van der Waals surface area contributed by atoms with Crippen molar-refractivity contribution >= 4 is 23.5 Å². The predicted molar refractivity (Wildman–Crippen MR) is 126 cm³/mol. The van der Waals surface area contributed by atoms with E-state index in [4.69, 9.17) is 9.84 Å². The number of hydrogen-bond donors (Lipinski definition) is 1. The zero-order valence-electron chi connectivity index (χ0n) is 19.9. The number of anilines is 1. The zero-order valence-corrected chi connectivity index (χ0v) is 19.9. The Morgan fingerprint density at radius 2 is 1.73 bits per heavy atom. The van der Waals surface area contributed by atoms with Crippen molar-refractivity contribution in [2.75, 3.05) is 44.8 Å². The molecule has 2 heterocycles. The highest BCUT2D eigenvalue weighted by molar-refractivity contribution is 5.98. The largest absolute Gasteiger partial charge is 0.480 e. The normalized spacial score (nSPS) is 19.2. The van der Waals surface area contributed by atoms with Crippen LogP contribution >= 0.6 is 0 Å². The Bertz CT molecular complexity index is 837. The van der Waals surface area contributed by atoms with Crippen LogP contribution in [-0.2, 0) is 20.9 Å². The lowest BCUT2D eigenvalue weighted by Gasteiger charge is -2.36. The van der Waals surface area contributed by atoms with E-state index in [9.17, 15) is 14.4 Å². The standard InChI is InChI=1S/C25H37N3O5/c1-19(29)28-13-7-5-3-4-6-12-27(22-10-14-33-15-11-22)17-21-16-20(8-9-23(21)28)25(32)26(2)18-24(30)31/h8-9,16,22H,3-7,10-15,17-18H2,1-2H3,(H,30,31). The van der Waals surface area contributed by atoms with E-state index in [2.05, 4.69) is 4.90 Å². The van der Waals surface area contributed by atoms with Crippen molar-refractivity contribution in [3.63, 3.8) is 0 Å². The van der Waals surface area contributed by atoms with Gasteiger partial charge in [-0.2, -0.15) is 0 Å². The summed E-state index contributed by atoms with van der Waals surface area (Å²) in [5.74, 6) is -1.39. The molecule has 0 aliphatic carbocycles. The Hall–Kier alpha value is -2.45. The summed E-state index contributed by atoms with van der Waals surface area (Å²) in [6, 6.07) is 5.82. The predicted octanol–water partition coefficient (Wildman–Crippen LogP) is 3.14. The van der Waals surface area contributed by atoms with Crippen molar-refractivity contribution in [1.29, 1.82) is 0 Å². The van der Waals surface area contributed by atoms with Crippen LogP contribution in [0.25, 0.3) is 0 Å². The molecule has 0 unspecified atom stereocenters. The highest BCUT2D eigenvalue weighted by atomic mass is 16.5. The van der Waals surface area contributed by atoms with Gasteiger partial charge in [0.2, 0.25) is 5.91 Å². The van der Waals surface area contributed by atoms with Gasteiger partial charge >= 0.3 is 5.97 Å². The fourth-order valence-corrected chi connectivity index (χ4v) is 4.83. The molecule has 3 rings (SSSR count). The molecule has 0 aromatic heterocycles. The molecule has 1 N–H and O–H groups in total. The van der Waals surface area contributed by atoms with E-state index < -0.39 is 5.97 Å². The third-order valence-electron chi connectivity index (χ3n) is 6.62. The lowest BCUT2D eigenvalue weighted by molar-refractivity contribution is -0.137. The molecule has 2 amide bonds. The van der Waals surface area contributed by atoms with Crippen LogP contribution in [0.5, 0.6) is 0 Å². The number of carbonyl (C=O) groups is 3. The molecule has 2 aliphatic rings. The number of hydrogen-bond acceptors (Lipinski definition) is 5. The van der Waals surface area contributed by atoms with Crippen molar-refractivity contribution in [1.82, 2.24) is 9.80 Å². The van der Waals surface area contributed by atoms with Crippen molar-refractivity contribution in [2.45, 2.75) is 64.5 Å². The first-order valence-electron chi connectivity index (χ1n) is 12.1. The summed E-state index contributed by atoms with van der Waals surface area (Å²) >= 11 is 0. The minimum Gasteiger partial charge on any atom is -0.480 e.